The average Bonchev–Trinajstić information content (AvgIpc) is 2.47. The molecule has 96 valence electrons. The molecule has 0 aliphatic carbocycles. The first-order valence-corrected chi connectivity index (χ1v) is 6.32. The minimum Gasteiger partial charge on any atom is -0.423 e. The molecule has 19 heavy (non-hydrogen) atoms. The van der Waals surface area contributed by atoms with Crippen molar-refractivity contribution in [3.05, 3.63) is 71.8 Å². The molecule has 0 atom stereocenters. The topological polar surface area (TPSA) is 26.3 Å². The number of esters is 1. The zero-order valence-electron chi connectivity index (χ0n) is 10.9. The molecule has 2 aromatic carbocycles. The highest BCUT2D eigenvalue weighted by Crippen LogP contribution is 2.10. The summed E-state index contributed by atoms with van der Waals surface area (Å²) in [5, 5.41) is 0. The fraction of sp³-hybridized carbons (Fsp3) is 0.118. The van der Waals surface area contributed by atoms with Gasteiger partial charge in [-0.3, -0.25) is 0 Å². The molecular weight excluding hydrogens is 236 g/mol. The normalized spacial score (nSPS) is 10.6. The van der Waals surface area contributed by atoms with Crippen LogP contribution in [0.5, 0.6) is 5.75 Å². The maximum Gasteiger partial charge on any atom is 0.336 e. The molecule has 0 saturated carbocycles. The van der Waals surface area contributed by atoms with Crippen molar-refractivity contribution in [1.29, 1.82) is 0 Å². The van der Waals surface area contributed by atoms with Crippen LogP contribution < -0.4 is 4.74 Å². The van der Waals surface area contributed by atoms with Gasteiger partial charge in [0, 0.05) is 6.08 Å². The van der Waals surface area contributed by atoms with Gasteiger partial charge in [-0.25, -0.2) is 4.79 Å². The molecule has 0 amide bonds. The number of carbonyl (C=O) groups excluding carboxylic acids is 1. The first-order valence-electron chi connectivity index (χ1n) is 6.32. The molecule has 0 spiro atoms. The number of carbonyl (C=O) groups is 1. The second kappa shape index (κ2) is 6.55. The first kappa shape index (κ1) is 13.1. The van der Waals surface area contributed by atoms with Crippen LogP contribution in [0, 0.1) is 0 Å². The Hall–Kier alpha value is -2.35. The van der Waals surface area contributed by atoms with Gasteiger partial charge in [0.15, 0.2) is 0 Å². The lowest BCUT2D eigenvalue weighted by atomic mass is 10.1. The van der Waals surface area contributed by atoms with Crippen molar-refractivity contribution in [3.63, 3.8) is 0 Å². The molecule has 0 bridgehead atoms. The molecule has 0 radical (unpaired) electrons. The van der Waals surface area contributed by atoms with E-state index in [-0.39, 0.29) is 5.97 Å². The summed E-state index contributed by atoms with van der Waals surface area (Å²) >= 11 is 0. The molecule has 0 aliphatic rings. The summed E-state index contributed by atoms with van der Waals surface area (Å²) < 4.78 is 5.16. The van der Waals surface area contributed by atoms with E-state index >= 15 is 0 Å². The van der Waals surface area contributed by atoms with Gasteiger partial charge in [-0.2, -0.15) is 0 Å². The molecule has 2 heteroatoms. The van der Waals surface area contributed by atoms with Crippen LogP contribution in [0.1, 0.15) is 18.1 Å². The Bertz CT molecular complexity index is 554. The van der Waals surface area contributed by atoms with Crippen molar-refractivity contribution in [3.8, 4) is 5.75 Å². The third-order valence-corrected chi connectivity index (χ3v) is 2.76. The number of hydrogen-bond donors (Lipinski definition) is 0. The third-order valence-electron chi connectivity index (χ3n) is 2.76. The standard InChI is InChI=1S/C17H16O2/c1-2-14-8-10-15(11-9-14)12-13-17(18)19-16-6-4-3-5-7-16/h3-13H,2H2,1H3. The number of ether oxygens (including phenoxy) is 1. The van der Waals surface area contributed by atoms with E-state index in [1.165, 1.54) is 11.6 Å². The van der Waals surface area contributed by atoms with E-state index in [1.807, 2.05) is 30.3 Å². The SMILES string of the molecule is CCc1ccc(C=CC(=O)Oc2ccccc2)cc1. The lowest BCUT2D eigenvalue weighted by Gasteiger charge is -2.00. The van der Waals surface area contributed by atoms with Crippen molar-refractivity contribution in [2.24, 2.45) is 0 Å². The summed E-state index contributed by atoms with van der Waals surface area (Å²) in [7, 11) is 0. The van der Waals surface area contributed by atoms with E-state index in [0.29, 0.717) is 5.75 Å². The van der Waals surface area contributed by atoms with Crippen LogP contribution >= 0.6 is 0 Å². The van der Waals surface area contributed by atoms with Gasteiger partial charge in [0.25, 0.3) is 0 Å². The van der Waals surface area contributed by atoms with E-state index in [9.17, 15) is 4.79 Å². The van der Waals surface area contributed by atoms with Crippen LogP contribution in [0.2, 0.25) is 0 Å². The quantitative estimate of drug-likeness (QED) is 0.469. The lowest BCUT2D eigenvalue weighted by molar-refractivity contribution is -0.128. The van der Waals surface area contributed by atoms with Crippen LogP contribution in [-0.4, -0.2) is 5.97 Å². The fourth-order valence-corrected chi connectivity index (χ4v) is 1.67. The van der Waals surface area contributed by atoms with E-state index in [2.05, 4.69) is 19.1 Å². The Balaban J connectivity index is 1.96. The van der Waals surface area contributed by atoms with E-state index in [1.54, 1.807) is 18.2 Å². The molecule has 0 fully saturated rings. The summed E-state index contributed by atoms with van der Waals surface area (Å²) in [6, 6.07) is 17.1. The monoisotopic (exact) mass is 252 g/mol. The Labute approximate surface area is 113 Å². The Morgan fingerprint density at radius 1 is 1.05 bits per heavy atom. The lowest BCUT2D eigenvalue weighted by Crippen LogP contribution is -2.03. The summed E-state index contributed by atoms with van der Waals surface area (Å²) in [6.07, 6.45) is 4.21. The summed E-state index contributed by atoms with van der Waals surface area (Å²) in [5.41, 5.74) is 2.27. The van der Waals surface area contributed by atoms with Gasteiger partial charge >= 0.3 is 5.97 Å². The van der Waals surface area contributed by atoms with E-state index in [0.717, 1.165) is 12.0 Å². The average molecular weight is 252 g/mol. The molecule has 0 aromatic heterocycles. The molecule has 2 rings (SSSR count). The zero-order chi connectivity index (χ0) is 13.5. The number of para-hydroxylation sites is 1. The minimum absolute atomic E-state index is 0.370. The molecule has 0 unspecified atom stereocenters. The van der Waals surface area contributed by atoms with Gasteiger partial charge in [0.2, 0.25) is 0 Å². The van der Waals surface area contributed by atoms with Crippen LogP contribution in [0.3, 0.4) is 0 Å². The van der Waals surface area contributed by atoms with Crippen molar-refractivity contribution in [2.75, 3.05) is 0 Å². The van der Waals surface area contributed by atoms with Crippen molar-refractivity contribution < 1.29 is 9.53 Å². The van der Waals surface area contributed by atoms with Crippen molar-refractivity contribution >= 4 is 12.0 Å². The zero-order valence-corrected chi connectivity index (χ0v) is 10.9. The van der Waals surface area contributed by atoms with Crippen LogP contribution in [0.4, 0.5) is 0 Å². The maximum atomic E-state index is 11.6. The molecule has 0 heterocycles. The highest BCUT2D eigenvalue weighted by molar-refractivity contribution is 5.88. The molecular formula is C17H16O2. The fourth-order valence-electron chi connectivity index (χ4n) is 1.67. The van der Waals surface area contributed by atoms with Crippen molar-refractivity contribution in [1.82, 2.24) is 0 Å². The Kier molecular flexibility index (Phi) is 4.51. The van der Waals surface area contributed by atoms with Crippen LogP contribution in [0.15, 0.2) is 60.7 Å². The second-order valence-electron chi connectivity index (χ2n) is 4.16. The summed E-state index contributed by atoms with van der Waals surface area (Å²) in [6.45, 7) is 2.11. The number of rotatable bonds is 4. The van der Waals surface area contributed by atoms with Gasteiger partial charge in [-0.15, -0.1) is 0 Å². The predicted octanol–water partition coefficient (Wildman–Crippen LogP) is 3.87. The van der Waals surface area contributed by atoms with Gasteiger partial charge in [-0.1, -0.05) is 49.4 Å². The number of aryl methyl sites for hydroxylation is 1. The van der Waals surface area contributed by atoms with E-state index < -0.39 is 0 Å². The summed E-state index contributed by atoms with van der Waals surface area (Å²) in [5.74, 6) is 0.184. The molecule has 0 N–H and O–H groups in total. The van der Waals surface area contributed by atoms with Crippen LogP contribution in [0.25, 0.3) is 6.08 Å². The highest BCUT2D eigenvalue weighted by Gasteiger charge is 1.98. The molecule has 2 aromatic rings. The predicted molar refractivity (Wildman–Crippen MR) is 76.9 cm³/mol. The van der Waals surface area contributed by atoms with Gasteiger partial charge in [0.1, 0.15) is 5.75 Å². The van der Waals surface area contributed by atoms with Gasteiger partial charge in [-0.05, 0) is 35.8 Å². The minimum atomic E-state index is -0.370. The highest BCUT2D eigenvalue weighted by atomic mass is 16.5. The van der Waals surface area contributed by atoms with Gasteiger partial charge < -0.3 is 4.74 Å². The van der Waals surface area contributed by atoms with Gasteiger partial charge in [0.05, 0.1) is 0 Å². The van der Waals surface area contributed by atoms with E-state index in [4.69, 9.17) is 4.74 Å². The number of benzene rings is 2. The Morgan fingerprint density at radius 2 is 1.74 bits per heavy atom. The van der Waals surface area contributed by atoms with Crippen LogP contribution in [-0.2, 0) is 11.2 Å². The smallest absolute Gasteiger partial charge is 0.336 e. The third kappa shape index (κ3) is 4.11. The summed E-state index contributed by atoms with van der Waals surface area (Å²) in [4.78, 5) is 11.6. The van der Waals surface area contributed by atoms with Crippen molar-refractivity contribution in [2.45, 2.75) is 13.3 Å². The maximum absolute atomic E-state index is 11.6. The first-order chi connectivity index (χ1) is 9.28. The largest absolute Gasteiger partial charge is 0.423 e. The number of hydrogen-bond acceptors (Lipinski definition) is 2. The molecule has 0 saturated heterocycles. The molecule has 2 nitrogen and oxygen atoms in total. The Morgan fingerprint density at radius 3 is 2.37 bits per heavy atom. The second-order valence-corrected chi connectivity index (χ2v) is 4.16. The molecule has 0 aliphatic heterocycles.